The Labute approximate surface area is 114 Å². The van der Waals surface area contributed by atoms with Gasteiger partial charge in [-0.2, -0.15) is 13.2 Å². The van der Waals surface area contributed by atoms with E-state index in [0.29, 0.717) is 29.4 Å². The van der Waals surface area contributed by atoms with Gasteiger partial charge in [0.15, 0.2) is 0 Å². The normalized spacial score (nSPS) is 28.5. The average Bonchev–Trinajstić information content (AvgIpc) is 2.81. The lowest BCUT2D eigenvalue weighted by molar-refractivity contribution is -0.137. The maximum Gasteiger partial charge on any atom is 0.416 e. The molecule has 1 saturated carbocycles. The van der Waals surface area contributed by atoms with Gasteiger partial charge in [0.05, 0.1) is 5.56 Å². The molecule has 1 saturated heterocycles. The molecule has 20 heavy (non-hydrogen) atoms. The second-order valence-corrected chi connectivity index (χ2v) is 5.63. The average molecular weight is 288 g/mol. The molecule has 0 aromatic heterocycles. The molecule has 2 nitrogen and oxygen atoms in total. The van der Waals surface area contributed by atoms with Gasteiger partial charge >= 0.3 is 6.18 Å². The Bertz CT molecular complexity index is 490. The molecule has 2 atom stereocenters. The van der Waals surface area contributed by atoms with E-state index in [9.17, 15) is 17.6 Å². The number of halogens is 4. The van der Waals surface area contributed by atoms with E-state index in [2.05, 4.69) is 10.6 Å². The topological polar surface area (TPSA) is 24.1 Å². The first kappa shape index (κ1) is 13.8. The quantitative estimate of drug-likeness (QED) is 0.831. The van der Waals surface area contributed by atoms with E-state index in [1.807, 2.05) is 0 Å². The Morgan fingerprint density at radius 2 is 1.85 bits per heavy atom. The number of alkyl halides is 3. The third-order valence-electron chi connectivity index (χ3n) is 4.26. The minimum absolute atomic E-state index is 0.268. The maximum atomic E-state index is 13.2. The first-order valence-electron chi connectivity index (χ1n) is 6.73. The summed E-state index contributed by atoms with van der Waals surface area (Å²) in [5.41, 5.74) is -0.594. The van der Waals surface area contributed by atoms with Gasteiger partial charge in [-0.25, -0.2) is 4.39 Å². The second-order valence-electron chi connectivity index (χ2n) is 5.63. The highest BCUT2D eigenvalue weighted by Crippen LogP contribution is 2.48. The van der Waals surface area contributed by atoms with E-state index < -0.39 is 17.6 Å². The number of nitrogens with one attached hydrogen (secondary N) is 2. The van der Waals surface area contributed by atoms with Crippen LogP contribution in [-0.4, -0.2) is 19.6 Å². The molecule has 0 radical (unpaired) electrons. The van der Waals surface area contributed by atoms with Crippen molar-refractivity contribution in [2.45, 2.75) is 12.7 Å². The molecule has 2 unspecified atom stereocenters. The number of rotatable bonds is 4. The van der Waals surface area contributed by atoms with Crippen molar-refractivity contribution in [2.24, 2.45) is 17.8 Å². The van der Waals surface area contributed by atoms with Crippen molar-refractivity contribution in [2.75, 3.05) is 19.6 Å². The predicted octanol–water partition coefficient (Wildman–Crippen LogP) is 2.40. The molecule has 0 amide bonds. The fourth-order valence-electron chi connectivity index (χ4n) is 3.15. The minimum atomic E-state index is -4.50. The molecule has 1 aliphatic carbocycles. The Morgan fingerprint density at radius 3 is 2.50 bits per heavy atom. The highest BCUT2D eigenvalue weighted by molar-refractivity contribution is 5.26. The third-order valence-corrected chi connectivity index (χ3v) is 4.26. The van der Waals surface area contributed by atoms with Gasteiger partial charge in [-0.3, -0.25) is 0 Å². The standard InChI is InChI=1S/C14H16F4N2/c15-10-2-8(1-9(3-10)14(16,17)18)4-19-5-11-12-6-20-7-13(11)12/h1-3,11-13,19-20H,4-7H2. The molecule has 1 aliphatic heterocycles. The molecule has 110 valence electrons. The van der Waals surface area contributed by atoms with Crippen LogP contribution in [-0.2, 0) is 12.7 Å². The molecular formula is C14H16F4N2. The van der Waals surface area contributed by atoms with E-state index >= 15 is 0 Å². The molecule has 2 N–H and O–H groups in total. The summed E-state index contributed by atoms with van der Waals surface area (Å²) in [6, 6.07) is 2.68. The van der Waals surface area contributed by atoms with Crippen LogP contribution >= 0.6 is 0 Å². The lowest BCUT2D eigenvalue weighted by atomic mass is 10.1. The first-order valence-corrected chi connectivity index (χ1v) is 6.73. The zero-order valence-electron chi connectivity index (χ0n) is 10.8. The molecule has 0 spiro atoms. The van der Waals surface area contributed by atoms with E-state index in [4.69, 9.17) is 0 Å². The van der Waals surface area contributed by atoms with Gasteiger partial charge in [0.2, 0.25) is 0 Å². The Hall–Kier alpha value is -1.14. The van der Waals surface area contributed by atoms with Crippen LogP contribution in [0.4, 0.5) is 17.6 Å². The van der Waals surface area contributed by atoms with Crippen LogP contribution in [0, 0.1) is 23.6 Å². The summed E-state index contributed by atoms with van der Waals surface area (Å²) in [6.07, 6.45) is -4.50. The summed E-state index contributed by atoms with van der Waals surface area (Å²) < 4.78 is 50.9. The maximum absolute atomic E-state index is 13.2. The molecule has 1 aromatic rings. The van der Waals surface area contributed by atoms with Crippen LogP contribution < -0.4 is 10.6 Å². The monoisotopic (exact) mass is 288 g/mol. The number of hydrogen-bond acceptors (Lipinski definition) is 2. The van der Waals surface area contributed by atoms with Crippen molar-refractivity contribution in [3.8, 4) is 0 Å². The Kier molecular flexibility index (Phi) is 3.46. The molecule has 3 rings (SSSR count). The fraction of sp³-hybridized carbons (Fsp3) is 0.571. The first-order chi connectivity index (χ1) is 9.45. The van der Waals surface area contributed by atoms with Gasteiger partial charge in [-0.1, -0.05) is 0 Å². The lowest BCUT2D eigenvalue weighted by Gasteiger charge is -2.11. The van der Waals surface area contributed by atoms with Crippen LogP contribution in [0.15, 0.2) is 18.2 Å². The highest BCUT2D eigenvalue weighted by Gasteiger charge is 2.51. The molecule has 1 heterocycles. The summed E-state index contributed by atoms with van der Waals surface area (Å²) in [7, 11) is 0. The zero-order chi connectivity index (χ0) is 14.3. The summed E-state index contributed by atoms with van der Waals surface area (Å²) >= 11 is 0. The van der Waals surface area contributed by atoms with Gasteiger partial charge in [-0.15, -0.1) is 0 Å². The Morgan fingerprint density at radius 1 is 1.15 bits per heavy atom. The van der Waals surface area contributed by atoms with Crippen LogP contribution in [0.2, 0.25) is 0 Å². The largest absolute Gasteiger partial charge is 0.416 e. The lowest BCUT2D eigenvalue weighted by Crippen LogP contribution is -2.23. The summed E-state index contributed by atoms with van der Waals surface area (Å²) in [5, 5.41) is 6.43. The number of fused-ring (bicyclic) bond motifs is 1. The molecule has 2 fully saturated rings. The van der Waals surface area contributed by atoms with E-state index in [-0.39, 0.29) is 6.54 Å². The van der Waals surface area contributed by atoms with Crippen LogP contribution in [0.3, 0.4) is 0 Å². The number of hydrogen-bond donors (Lipinski definition) is 2. The van der Waals surface area contributed by atoms with Crippen molar-refractivity contribution in [1.29, 1.82) is 0 Å². The zero-order valence-corrected chi connectivity index (χ0v) is 10.8. The van der Waals surface area contributed by atoms with Crippen molar-refractivity contribution in [3.63, 3.8) is 0 Å². The predicted molar refractivity (Wildman–Crippen MR) is 66.4 cm³/mol. The fourth-order valence-corrected chi connectivity index (χ4v) is 3.15. The van der Waals surface area contributed by atoms with Gasteiger partial charge in [0.1, 0.15) is 5.82 Å². The number of piperidine rings is 1. The SMILES string of the molecule is Fc1cc(CNCC2C3CNCC23)cc(C(F)(F)F)c1. The van der Waals surface area contributed by atoms with E-state index in [1.165, 1.54) is 0 Å². The van der Waals surface area contributed by atoms with Gasteiger partial charge in [0, 0.05) is 6.54 Å². The summed E-state index contributed by atoms with van der Waals surface area (Å²) in [6.45, 7) is 3.13. The summed E-state index contributed by atoms with van der Waals surface area (Å²) in [4.78, 5) is 0. The van der Waals surface area contributed by atoms with E-state index in [0.717, 1.165) is 31.8 Å². The van der Waals surface area contributed by atoms with Crippen molar-refractivity contribution < 1.29 is 17.6 Å². The number of benzene rings is 1. The minimum Gasteiger partial charge on any atom is -0.316 e. The van der Waals surface area contributed by atoms with Gasteiger partial charge < -0.3 is 10.6 Å². The third kappa shape index (κ3) is 2.81. The smallest absolute Gasteiger partial charge is 0.316 e. The molecule has 0 bridgehead atoms. The highest BCUT2D eigenvalue weighted by atomic mass is 19.4. The Balaban J connectivity index is 1.56. The summed E-state index contributed by atoms with van der Waals surface area (Å²) in [5.74, 6) is 1.19. The van der Waals surface area contributed by atoms with Gasteiger partial charge in [-0.05, 0) is 61.2 Å². The van der Waals surface area contributed by atoms with Crippen LogP contribution in [0.25, 0.3) is 0 Å². The second kappa shape index (κ2) is 5.00. The van der Waals surface area contributed by atoms with Crippen molar-refractivity contribution >= 4 is 0 Å². The molecule has 1 aromatic carbocycles. The van der Waals surface area contributed by atoms with Crippen molar-refractivity contribution in [3.05, 3.63) is 35.1 Å². The van der Waals surface area contributed by atoms with Gasteiger partial charge in [0.25, 0.3) is 0 Å². The van der Waals surface area contributed by atoms with Crippen LogP contribution in [0.1, 0.15) is 11.1 Å². The van der Waals surface area contributed by atoms with Crippen LogP contribution in [0.5, 0.6) is 0 Å². The molecule has 2 aliphatic rings. The molecule has 6 heteroatoms. The van der Waals surface area contributed by atoms with Crippen molar-refractivity contribution in [1.82, 2.24) is 10.6 Å². The van der Waals surface area contributed by atoms with E-state index in [1.54, 1.807) is 0 Å². The molecular weight excluding hydrogens is 272 g/mol.